The molecule has 4 aromatic rings. The Morgan fingerprint density at radius 1 is 1.04 bits per heavy atom. The molecule has 12 heteroatoms. The number of ketones is 1. The van der Waals surface area contributed by atoms with Crippen LogP contribution in [0.25, 0.3) is 11.3 Å². The Morgan fingerprint density at radius 2 is 1.76 bits per heavy atom. The van der Waals surface area contributed by atoms with Crippen LogP contribution < -0.4 is 19.7 Å². The highest BCUT2D eigenvalue weighted by Gasteiger charge is 2.42. The van der Waals surface area contributed by atoms with E-state index in [9.17, 15) is 23.9 Å². The van der Waals surface area contributed by atoms with Crippen LogP contribution in [-0.2, 0) is 25.5 Å². The Hall–Kier alpha value is -5.33. The van der Waals surface area contributed by atoms with Crippen molar-refractivity contribution in [1.29, 1.82) is 0 Å². The lowest BCUT2D eigenvalue weighted by Crippen LogP contribution is -2.42. The van der Waals surface area contributed by atoms with E-state index in [0.717, 1.165) is 0 Å². The van der Waals surface area contributed by atoms with Gasteiger partial charge in [-0.25, -0.2) is 14.2 Å². The fourth-order valence-electron chi connectivity index (χ4n) is 5.48. The van der Waals surface area contributed by atoms with E-state index in [1.807, 2.05) is 0 Å². The number of nitrogens with one attached hydrogen (secondary N) is 1. The second-order valence-corrected chi connectivity index (χ2v) is 12.7. The van der Waals surface area contributed by atoms with Gasteiger partial charge in [-0.15, -0.1) is 5.48 Å². The molecule has 11 nitrogen and oxygen atoms in total. The number of esters is 1. The zero-order valence-electron chi connectivity index (χ0n) is 29.2. The number of carbonyl (C=O) groups excluding carboxylic acids is 3. The molecule has 0 amide bonds. The number of hydrogen-bond donors (Lipinski definition) is 2. The largest absolute Gasteiger partial charge is 0.493 e. The molecular weight excluding hydrogens is 659 g/mol. The quantitative estimate of drug-likeness (QED) is 0.0802. The molecule has 0 fully saturated rings. The van der Waals surface area contributed by atoms with E-state index >= 15 is 0 Å². The Kier molecular flexibility index (Phi) is 11.4. The van der Waals surface area contributed by atoms with E-state index in [1.165, 1.54) is 19.2 Å². The zero-order valence-corrected chi connectivity index (χ0v) is 29.2. The van der Waals surface area contributed by atoms with Crippen LogP contribution in [0, 0.1) is 5.82 Å². The van der Waals surface area contributed by atoms with E-state index in [-0.39, 0.29) is 49.9 Å². The summed E-state index contributed by atoms with van der Waals surface area (Å²) in [5.41, 5.74) is 2.58. The average Bonchev–Trinajstić information content (AvgIpc) is 3.48. The summed E-state index contributed by atoms with van der Waals surface area (Å²) >= 11 is 0. The molecule has 0 aliphatic carbocycles. The van der Waals surface area contributed by atoms with Crippen molar-refractivity contribution in [2.24, 2.45) is 0 Å². The van der Waals surface area contributed by atoms with E-state index in [1.54, 1.807) is 94.4 Å². The lowest BCUT2D eigenvalue weighted by molar-refractivity contribution is -0.149. The number of halogens is 1. The molecule has 0 radical (unpaired) electrons. The molecular formula is C39H41FN2O9. The lowest BCUT2D eigenvalue weighted by atomic mass is 9.87. The van der Waals surface area contributed by atoms with Gasteiger partial charge in [0.15, 0.2) is 23.0 Å². The van der Waals surface area contributed by atoms with Crippen LogP contribution in [0.1, 0.15) is 78.9 Å². The lowest BCUT2D eigenvalue weighted by Gasteiger charge is -2.27. The SMILES string of the molecule is CCC(=O)O[C@H](C)COc1ccc(C(=O)CC[C@@](C)(O)c2cc3c(c(-c4ccc(F)cc4)n2)OC[C@@]3(C)NOC(=O)c2ccccc2)cc1OC. The Bertz CT molecular complexity index is 1880. The van der Waals surface area contributed by atoms with Gasteiger partial charge in [0.2, 0.25) is 0 Å². The Morgan fingerprint density at radius 3 is 2.45 bits per heavy atom. The summed E-state index contributed by atoms with van der Waals surface area (Å²) in [6, 6.07) is 20.6. The van der Waals surface area contributed by atoms with Crippen molar-refractivity contribution in [3.63, 3.8) is 0 Å². The number of hydrogen-bond acceptors (Lipinski definition) is 11. The number of benzene rings is 3. The van der Waals surface area contributed by atoms with Gasteiger partial charge in [-0.2, -0.15) is 0 Å². The monoisotopic (exact) mass is 700 g/mol. The number of methoxy groups -OCH3 is 1. The van der Waals surface area contributed by atoms with Crippen molar-refractivity contribution in [2.45, 2.75) is 64.2 Å². The number of aromatic nitrogens is 1. The highest BCUT2D eigenvalue weighted by atomic mass is 19.1. The number of hydroxylamine groups is 1. The maximum absolute atomic E-state index is 13.9. The second kappa shape index (κ2) is 15.7. The molecule has 5 rings (SSSR count). The molecule has 0 saturated carbocycles. The predicted molar refractivity (Wildman–Crippen MR) is 185 cm³/mol. The molecule has 2 heterocycles. The molecule has 2 N–H and O–H groups in total. The number of Topliss-reactive ketones (excluding diaryl/α,β-unsaturated/α-hetero) is 1. The summed E-state index contributed by atoms with van der Waals surface area (Å²) in [7, 11) is 1.45. The van der Waals surface area contributed by atoms with Gasteiger partial charge in [0, 0.05) is 29.5 Å². The third kappa shape index (κ3) is 8.70. The van der Waals surface area contributed by atoms with Crippen LogP contribution in [0.3, 0.4) is 0 Å². The van der Waals surface area contributed by atoms with Gasteiger partial charge in [-0.3, -0.25) is 9.59 Å². The van der Waals surface area contributed by atoms with Gasteiger partial charge >= 0.3 is 11.9 Å². The number of carbonyl (C=O) groups is 3. The minimum Gasteiger partial charge on any atom is -0.493 e. The first-order valence-corrected chi connectivity index (χ1v) is 16.6. The van der Waals surface area contributed by atoms with Crippen LogP contribution in [0.5, 0.6) is 17.2 Å². The first-order chi connectivity index (χ1) is 24.3. The van der Waals surface area contributed by atoms with Gasteiger partial charge in [0.1, 0.15) is 42.0 Å². The molecule has 1 aromatic heterocycles. The average molecular weight is 701 g/mol. The highest BCUT2D eigenvalue weighted by Crippen LogP contribution is 2.45. The first kappa shape index (κ1) is 36.9. The van der Waals surface area contributed by atoms with Crippen molar-refractivity contribution in [1.82, 2.24) is 10.5 Å². The van der Waals surface area contributed by atoms with Crippen LogP contribution in [0.15, 0.2) is 78.9 Å². The maximum atomic E-state index is 13.9. The van der Waals surface area contributed by atoms with Crippen LogP contribution in [-0.4, -0.2) is 54.2 Å². The van der Waals surface area contributed by atoms with Gasteiger partial charge in [-0.1, -0.05) is 25.1 Å². The van der Waals surface area contributed by atoms with Crippen LogP contribution in [0.4, 0.5) is 4.39 Å². The van der Waals surface area contributed by atoms with Crippen molar-refractivity contribution in [3.8, 4) is 28.5 Å². The van der Waals surface area contributed by atoms with Gasteiger partial charge in [0.25, 0.3) is 0 Å². The molecule has 1 aliphatic heterocycles. The second-order valence-electron chi connectivity index (χ2n) is 12.7. The maximum Gasteiger partial charge on any atom is 0.356 e. The molecule has 0 unspecified atom stereocenters. The molecule has 3 atom stereocenters. The third-order valence-corrected chi connectivity index (χ3v) is 8.54. The smallest absolute Gasteiger partial charge is 0.356 e. The van der Waals surface area contributed by atoms with Crippen LogP contribution >= 0.6 is 0 Å². The summed E-state index contributed by atoms with van der Waals surface area (Å²) in [6.45, 7) is 6.93. The predicted octanol–water partition coefficient (Wildman–Crippen LogP) is 6.46. The van der Waals surface area contributed by atoms with Crippen molar-refractivity contribution < 1.29 is 47.7 Å². The summed E-state index contributed by atoms with van der Waals surface area (Å²) in [5, 5.41) is 11.8. The van der Waals surface area contributed by atoms with Gasteiger partial charge in [-0.05, 0) is 87.9 Å². The highest BCUT2D eigenvalue weighted by molar-refractivity contribution is 5.96. The topological polar surface area (TPSA) is 143 Å². The first-order valence-electron chi connectivity index (χ1n) is 16.6. The number of rotatable bonds is 15. The minimum absolute atomic E-state index is 0.00461. The summed E-state index contributed by atoms with van der Waals surface area (Å²) in [6.07, 6.45) is -0.278. The van der Waals surface area contributed by atoms with Crippen molar-refractivity contribution in [2.75, 3.05) is 20.3 Å². The van der Waals surface area contributed by atoms with E-state index in [4.69, 9.17) is 28.8 Å². The fourth-order valence-corrected chi connectivity index (χ4v) is 5.48. The summed E-state index contributed by atoms with van der Waals surface area (Å²) in [5.74, 6) is -0.522. The summed E-state index contributed by atoms with van der Waals surface area (Å²) in [4.78, 5) is 48.0. The van der Waals surface area contributed by atoms with Crippen molar-refractivity contribution in [3.05, 3.63) is 107 Å². The van der Waals surface area contributed by atoms with Crippen LogP contribution in [0.2, 0.25) is 0 Å². The molecule has 1 aliphatic rings. The zero-order chi connectivity index (χ0) is 36.8. The van der Waals surface area contributed by atoms with E-state index < -0.39 is 29.0 Å². The number of fused-ring (bicyclic) bond motifs is 1. The summed E-state index contributed by atoms with van der Waals surface area (Å²) < 4.78 is 36.4. The number of aliphatic hydroxyl groups is 1. The Labute approximate surface area is 295 Å². The van der Waals surface area contributed by atoms with E-state index in [0.29, 0.717) is 45.2 Å². The molecule has 0 saturated heterocycles. The molecule has 0 bridgehead atoms. The number of nitrogens with zero attached hydrogens (tertiary/aromatic N) is 1. The number of pyridine rings is 1. The fraction of sp³-hybridized carbons (Fsp3) is 0.333. The van der Waals surface area contributed by atoms with Gasteiger partial charge < -0.3 is 28.9 Å². The minimum atomic E-state index is -1.61. The standard InChI is InChI=1S/C39H41FN2O9/c1-6-34(44)50-24(2)22-48-31-17-14-27(20-32(31)47-5)30(43)18-19-39(4,46)33-21-29-36(35(41-33)25-12-15-28(40)16-13-25)49-23-38(29,3)42-51-37(45)26-10-8-7-9-11-26/h7-17,20-21,24,42,46H,6,18-19,22-23H2,1-5H3/t24-,38-,39-/m1/s1. The normalized spacial score (nSPS) is 16.6. The molecule has 268 valence electrons. The molecule has 51 heavy (non-hydrogen) atoms. The number of ether oxygens (including phenoxy) is 4. The van der Waals surface area contributed by atoms with Crippen molar-refractivity contribution >= 4 is 17.7 Å². The van der Waals surface area contributed by atoms with E-state index in [2.05, 4.69) is 5.48 Å². The Balaban J connectivity index is 1.36. The van der Waals surface area contributed by atoms with Gasteiger partial charge in [0.05, 0.1) is 18.4 Å². The molecule has 0 spiro atoms. The molecule has 3 aromatic carbocycles. The third-order valence-electron chi connectivity index (χ3n) is 8.54.